The number of hydrogen-bond acceptors (Lipinski definition) is 2. The molecule has 1 aliphatic heterocycles. The number of hydrogen-bond donors (Lipinski definition) is 0. The summed E-state index contributed by atoms with van der Waals surface area (Å²) in [7, 11) is 0. The molecule has 0 amide bonds. The highest BCUT2D eigenvalue weighted by molar-refractivity contribution is 5.58. The molecule has 2 aromatic heterocycles. The van der Waals surface area contributed by atoms with Crippen LogP contribution in [0.1, 0.15) is 0 Å². The highest BCUT2D eigenvalue weighted by atomic mass is 16.3. The van der Waals surface area contributed by atoms with Crippen molar-refractivity contribution in [2.75, 3.05) is 0 Å². The molecule has 3 rings (SSSR count). The van der Waals surface area contributed by atoms with Crippen LogP contribution < -0.4 is 21.7 Å². The molecular formula is C16H12O2. The molecule has 0 aromatic carbocycles. The maximum atomic E-state index is 5.61. The normalized spacial score (nSPS) is 24.9. The van der Waals surface area contributed by atoms with Crippen molar-refractivity contribution in [3.05, 3.63) is 70.2 Å². The molecule has 2 aromatic rings. The average molecular weight is 236 g/mol. The largest absolute Gasteiger partial charge is 0.457 e. The summed E-state index contributed by atoms with van der Waals surface area (Å²) in [5, 5.41) is 0. The number of fused-ring (bicyclic) bond motifs is 4. The van der Waals surface area contributed by atoms with Gasteiger partial charge in [0.1, 0.15) is 21.7 Å². The summed E-state index contributed by atoms with van der Waals surface area (Å²) in [6.07, 6.45) is 15.4. The van der Waals surface area contributed by atoms with Crippen molar-refractivity contribution in [2.45, 2.75) is 0 Å². The molecule has 4 bridgehead atoms. The zero-order valence-corrected chi connectivity index (χ0v) is 9.74. The Bertz CT molecular complexity index is 754. The van der Waals surface area contributed by atoms with Crippen molar-refractivity contribution in [2.24, 2.45) is 0 Å². The lowest BCUT2D eigenvalue weighted by atomic mass is 10.4. The van der Waals surface area contributed by atoms with Crippen LogP contribution in [0.5, 0.6) is 0 Å². The van der Waals surface area contributed by atoms with Crippen LogP contribution in [0.4, 0.5) is 0 Å². The van der Waals surface area contributed by atoms with Crippen LogP contribution in [0.15, 0.2) is 57.4 Å². The topological polar surface area (TPSA) is 26.3 Å². The van der Waals surface area contributed by atoms with E-state index in [2.05, 4.69) is 0 Å². The summed E-state index contributed by atoms with van der Waals surface area (Å²) < 4.78 is 11.2. The highest BCUT2D eigenvalue weighted by Crippen LogP contribution is 1.83. The monoisotopic (exact) mass is 236 g/mol. The average Bonchev–Trinajstić information content (AvgIpc) is 2.99. The first kappa shape index (κ1) is 10.7. The van der Waals surface area contributed by atoms with Gasteiger partial charge in [0.05, 0.1) is 0 Å². The fourth-order valence-electron chi connectivity index (χ4n) is 1.69. The fraction of sp³-hybridized carbons (Fsp3) is 0. The summed E-state index contributed by atoms with van der Waals surface area (Å²) in [6.45, 7) is 0. The van der Waals surface area contributed by atoms with E-state index in [1.807, 2.05) is 72.9 Å². The van der Waals surface area contributed by atoms with E-state index in [9.17, 15) is 0 Å². The van der Waals surface area contributed by atoms with Crippen LogP contribution in [0.3, 0.4) is 0 Å². The molecular weight excluding hydrogens is 224 g/mol. The van der Waals surface area contributed by atoms with Gasteiger partial charge in [-0.1, -0.05) is 24.3 Å². The van der Waals surface area contributed by atoms with Crippen molar-refractivity contribution >= 4 is 24.3 Å². The van der Waals surface area contributed by atoms with Crippen molar-refractivity contribution in [1.82, 2.24) is 0 Å². The lowest BCUT2D eigenvalue weighted by molar-refractivity contribution is 0.499. The highest BCUT2D eigenvalue weighted by Gasteiger charge is 1.86. The second-order valence-corrected chi connectivity index (χ2v) is 3.92. The molecule has 0 N–H and O–H groups in total. The van der Waals surface area contributed by atoms with Crippen LogP contribution in [0.25, 0.3) is 24.3 Å². The Labute approximate surface area is 104 Å². The van der Waals surface area contributed by atoms with Gasteiger partial charge in [-0.05, 0) is 48.6 Å². The van der Waals surface area contributed by atoms with E-state index in [0.717, 1.165) is 21.7 Å². The van der Waals surface area contributed by atoms with Crippen molar-refractivity contribution < 1.29 is 8.83 Å². The predicted molar refractivity (Wildman–Crippen MR) is 72.1 cm³/mol. The van der Waals surface area contributed by atoms with Gasteiger partial charge in [0.25, 0.3) is 0 Å². The maximum absolute atomic E-state index is 5.61. The van der Waals surface area contributed by atoms with Crippen LogP contribution in [-0.4, -0.2) is 0 Å². The Morgan fingerprint density at radius 2 is 0.833 bits per heavy atom. The quantitative estimate of drug-likeness (QED) is 0.677. The van der Waals surface area contributed by atoms with E-state index in [1.54, 1.807) is 0 Å². The minimum atomic E-state index is 0.809. The lowest BCUT2D eigenvalue weighted by Gasteiger charge is -1.78. The summed E-state index contributed by atoms with van der Waals surface area (Å²) in [5.74, 6) is 0. The minimum absolute atomic E-state index is 0.809. The van der Waals surface area contributed by atoms with Crippen molar-refractivity contribution in [3.8, 4) is 0 Å². The smallest absolute Gasteiger partial charge is 0.127 e. The van der Waals surface area contributed by atoms with Gasteiger partial charge in [0.2, 0.25) is 0 Å². The standard InChI is InChI=1S/C16H12O2/c1-2-4-6-14-8-10-16(18-14)12-11-15-9-7-13(17-15)5-3-1/h1-12H/b2-1?,3-1-,4-2+,5-3?,6-4?,12-11?,13-5+,14-6-,15-11-,16-12-. The molecule has 0 saturated heterocycles. The molecule has 0 fully saturated rings. The fourth-order valence-corrected chi connectivity index (χ4v) is 1.69. The van der Waals surface area contributed by atoms with Gasteiger partial charge in [-0.15, -0.1) is 0 Å². The third kappa shape index (κ3) is 2.43. The molecule has 0 radical (unpaired) electrons. The van der Waals surface area contributed by atoms with Gasteiger partial charge in [0, 0.05) is 0 Å². The van der Waals surface area contributed by atoms with E-state index in [-0.39, 0.29) is 0 Å². The van der Waals surface area contributed by atoms with Gasteiger partial charge < -0.3 is 8.83 Å². The molecule has 0 spiro atoms. The number of furan rings is 2. The predicted octanol–water partition coefficient (Wildman–Crippen LogP) is 0.821. The first-order valence-corrected chi connectivity index (χ1v) is 5.79. The van der Waals surface area contributed by atoms with Crippen LogP contribution in [0, 0.1) is 0 Å². The van der Waals surface area contributed by atoms with Crippen LogP contribution in [0.2, 0.25) is 0 Å². The van der Waals surface area contributed by atoms with E-state index in [4.69, 9.17) is 8.83 Å². The second kappa shape index (κ2) is 4.80. The molecule has 0 aliphatic carbocycles. The Kier molecular flexibility index (Phi) is 2.84. The van der Waals surface area contributed by atoms with Gasteiger partial charge in [0.15, 0.2) is 0 Å². The SMILES string of the molecule is C1=C\C=c2/cc/c(o2)=C/C=c2/cc/c(o2)=C/C=C/1. The summed E-state index contributed by atoms with van der Waals surface area (Å²) >= 11 is 0. The molecule has 3 heterocycles. The molecule has 88 valence electrons. The maximum Gasteiger partial charge on any atom is 0.127 e. The lowest BCUT2D eigenvalue weighted by Crippen LogP contribution is -2.01. The second-order valence-electron chi connectivity index (χ2n) is 3.92. The van der Waals surface area contributed by atoms with E-state index >= 15 is 0 Å². The zero-order valence-electron chi connectivity index (χ0n) is 9.74. The molecule has 1 aliphatic rings. The number of allylic oxidation sites excluding steroid dienone is 4. The van der Waals surface area contributed by atoms with E-state index in [0.29, 0.717) is 0 Å². The van der Waals surface area contributed by atoms with Gasteiger partial charge in [-0.2, -0.15) is 0 Å². The molecule has 0 atom stereocenters. The number of rotatable bonds is 0. The third-order valence-electron chi connectivity index (χ3n) is 2.56. The van der Waals surface area contributed by atoms with Crippen molar-refractivity contribution in [1.29, 1.82) is 0 Å². The third-order valence-corrected chi connectivity index (χ3v) is 2.56. The van der Waals surface area contributed by atoms with Gasteiger partial charge in [-0.3, -0.25) is 0 Å². The Morgan fingerprint density at radius 3 is 1.28 bits per heavy atom. The molecule has 0 unspecified atom stereocenters. The minimum Gasteiger partial charge on any atom is -0.457 e. The summed E-state index contributed by atoms with van der Waals surface area (Å²) in [5.41, 5.74) is 3.29. The first-order valence-electron chi connectivity index (χ1n) is 5.79. The zero-order chi connectivity index (χ0) is 12.2. The first-order chi connectivity index (χ1) is 8.90. The van der Waals surface area contributed by atoms with E-state index in [1.165, 1.54) is 0 Å². The molecule has 2 nitrogen and oxygen atoms in total. The van der Waals surface area contributed by atoms with Gasteiger partial charge in [-0.25, -0.2) is 0 Å². The molecule has 2 heteroatoms. The van der Waals surface area contributed by atoms with Gasteiger partial charge >= 0.3 is 0 Å². The molecule has 0 saturated carbocycles. The Balaban J connectivity index is 2.23. The summed E-state index contributed by atoms with van der Waals surface area (Å²) in [6, 6.07) is 7.74. The Morgan fingerprint density at radius 1 is 0.444 bits per heavy atom. The van der Waals surface area contributed by atoms with Crippen LogP contribution >= 0.6 is 0 Å². The van der Waals surface area contributed by atoms with Crippen molar-refractivity contribution in [3.63, 3.8) is 0 Å². The molecule has 18 heavy (non-hydrogen) atoms. The summed E-state index contributed by atoms with van der Waals surface area (Å²) in [4.78, 5) is 0. The Hall–Kier alpha value is -2.48. The van der Waals surface area contributed by atoms with E-state index < -0.39 is 0 Å². The van der Waals surface area contributed by atoms with Crippen LogP contribution in [-0.2, 0) is 0 Å².